The standard InChI is InChI=1S/C15H16FN5/c1-3-6-17-15-19-13(12-8-18-21-14(12)20-15)11-5-4-10(16)7-9(11)2/h4-5,7-8H,3,6H2,1-2H3,(H2,17,18,19,20,21). The summed E-state index contributed by atoms with van der Waals surface area (Å²) in [6.45, 7) is 4.74. The van der Waals surface area contributed by atoms with E-state index in [0.717, 1.165) is 35.2 Å². The van der Waals surface area contributed by atoms with Gasteiger partial charge in [0.15, 0.2) is 5.65 Å². The van der Waals surface area contributed by atoms with Gasteiger partial charge in [-0.2, -0.15) is 10.1 Å². The first kappa shape index (κ1) is 13.5. The number of aromatic nitrogens is 4. The molecule has 0 saturated heterocycles. The Kier molecular flexibility index (Phi) is 3.51. The number of halogens is 1. The SMILES string of the molecule is CCCNc1nc(-c2ccc(F)cc2C)c2cn[nH]c2n1. The molecule has 21 heavy (non-hydrogen) atoms. The third-order valence-corrected chi connectivity index (χ3v) is 3.29. The summed E-state index contributed by atoms with van der Waals surface area (Å²) in [4.78, 5) is 8.96. The van der Waals surface area contributed by atoms with Crippen LogP contribution in [0.2, 0.25) is 0 Å². The van der Waals surface area contributed by atoms with Gasteiger partial charge in [-0.05, 0) is 37.1 Å². The van der Waals surface area contributed by atoms with Crippen molar-refractivity contribution < 1.29 is 4.39 Å². The van der Waals surface area contributed by atoms with Gasteiger partial charge in [0.1, 0.15) is 5.82 Å². The summed E-state index contributed by atoms with van der Waals surface area (Å²) in [5.74, 6) is 0.297. The molecular weight excluding hydrogens is 269 g/mol. The first-order valence-corrected chi connectivity index (χ1v) is 6.90. The molecule has 0 spiro atoms. The molecule has 0 unspecified atom stereocenters. The van der Waals surface area contributed by atoms with E-state index in [0.29, 0.717) is 11.6 Å². The zero-order valence-electron chi connectivity index (χ0n) is 11.9. The van der Waals surface area contributed by atoms with Gasteiger partial charge in [-0.3, -0.25) is 5.10 Å². The maximum atomic E-state index is 13.3. The molecule has 1 aromatic carbocycles. The monoisotopic (exact) mass is 285 g/mol. The number of aromatic amines is 1. The first-order chi connectivity index (χ1) is 10.2. The van der Waals surface area contributed by atoms with E-state index in [-0.39, 0.29) is 5.82 Å². The molecule has 5 nitrogen and oxygen atoms in total. The highest BCUT2D eigenvalue weighted by atomic mass is 19.1. The van der Waals surface area contributed by atoms with Crippen LogP contribution >= 0.6 is 0 Å². The predicted octanol–water partition coefficient (Wildman–Crippen LogP) is 3.29. The topological polar surface area (TPSA) is 66.5 Å². The Hall–Kier alpha value is -2.50. The Balaban J connectivity index is 2.17. The number of nitrogens with zero attached hydrogens (tertiary/aromatic N) is 3. The molecule has 0 saturated carbocycles. The van der Waals surface area contributed by atoms with Crippen molar-refractivity contribution in [3.8, 4) is 11.3 Å². The summed E-state index contributed by atoms with van der Waals surface area (Å²) in [6, 6.07) is 4.68. The van der Waals surface area contributed by atoms with Crippen LogP contribution in [-0.2, 0) is 0 Å². The lowest BCUT2D eigenvalue weighted by Crippen LogP contribution is -2.05. The van der Waals surface area contributed by atoms with E-state index in [2.05, 4.69) is 32.4 Å². The van der Waals surface area contributed by atoms with Crippen molar-refractivity contribution in [1.29, 1.82) is 0 Å². The van der Waals surface area contributed by atoms with Gasteiger partial charge in [0.2, 0.25) is 5.95 Å². The Morgan fingerprint density at radius 2 is 2.14 bits per heavy atom. The van der Waals surface area contributed by atoms with Crippen LogP contribution in [0, 0.1) is 12.7 Å². The molecular formula is C15H16FN5. The van der Waals surface area contributed by atoms with E-state index in [4.69, 9.17) is 0 Å². The lowest BCUT2D eigenvalue weighted by Gasteiger charge is -2.09. The number of nitrogens with one attached hydrogen (secondary N) is 2. The molecule has 0 fully saturated rings. The zero-order chi connectivity index (χ0) is 14.8. The minimum Gasteiger partial charge on any atom is -0.354 e. The second-order valence-electron chi connectivity index (χ2n) is 4.91. The van der Waals surface area contributed by atoms with Crippen molar-refractivity contribution in [2.24, 2.45) is 0 Å². The van der Waals surface area contributed by atoms with Crippen molar-refractivity contribution in [2.45, 2.75) is 20.3 Å². The van der Waals surface area contributed by atoms with Crippen LogP contribution in [0.25, 0.3) is 22.3 Å². The Morgan fingerprint density at radius 1 is 1.29 bits per heavy atom. The number of hydrogen-bond acceptors (Lipinski definition) is 4. The molecule has 3 rings (SSSR count). The molecule has 0 aliphatic rings. The maximum Gasteiger partial charge on any atom is 0.225 e. The third-order valence-electron chi connectivity index (χ3n) is 3.29. The fourth-order valence-electron chi connectivity index (χ4n) is 2.25. The van der Waals surface area contributed by atoms with Crippen LogP contribution < -0.4 is 5.32 Å². The molecule has 0 aliphatic heterocycles. The average molecular weight is 285 g/mol. The van der Waals surface area contributed by atoms with E-state index in [1.807, 2.05) is 6.92 Å². The lowest BCUT2D eigenvalue weighted by molar-refractivity contribution is 0.627. The van der Waals surface area contributed by atoms with Gasteiger partial charge in [-0.25, -0.2) is 9.37 Å². The summed E-state index contributed by atoms with van der Waals surface area (Å²) in [5.41, 5.74) is 3.13. The zero-order valence-corrected chi connectivity index (χ0v) is 11.9. The fraction of sp³-hybridized carbons (Fsp3) is 0.267. The highest BCUT2D eigenvalue weighted by molar-refractivity contribution is 5.91. The van der Waals surface area contributed by atoms with Crippen LogP contribution in [0.15, 0.2) is 24.4 Å². The summed E-state index contributed by atoms with van der Waals surface area (Å²) in [6.07, 6.45) is 2.67. The lowest BCUT2D eigenvalue weighted by atomic mass is 10.0. The molecule has 0 amide bonds. The summed E-state index contributed by atoms with van der Waals surface area (Å²) < 4.78 is 13.3. The minimum atomic E-state index is -0.252. The molecule has 0 atom stereocenters. The average Bonchev–Trinajstić information content (AvgIpc) is 2.93. The van der Waals surface area contributed by atoms with Crippen molar-refractivity contribution >= 4 is 17.0 Å². The van der Waals surface area contributed by atoms with Crippen molar-refractivity contribution in [3.05, 3.63) is 35.8 Å². The van der Waals surface area contributed by atoms with E-state index in [9.17, 15) is 4.39 Å². The summed E-state index contributed by atoms with van der Waals surface area (Å²) >= 11 is 0. The number of H-pyrrole nitrogens is 1. The van der Waals surface area contributed by atoms with Gasteiger partial charge in [0.05, 0.1) is 17.3 Å². The number of aryl methyl sites for hydroxylation is 1. The third kappa shape index (κ3) is 2.56. The molecule has 0 aliphatic carbocycles. The molecule has 108 valence electrons. The second-order valence-corrected chi connectivity index (χ2v) is 4.91. The molecule has 0 bridgehead atoms. The van der Waals surface area contributed by atoms with Gasteiger partial charge in [0, 0.05) is 12.1 Å². The van der Waals surface area contributed by atoms with Crippen LogP contribution in [-0.4, -0.2) is 26.7 Å². The highest BCUT2D eigenvalue weighted by Crippen LogP contribution is 2.29. The number of benzene rings is 1. The Labute approximate surface area is 121 Å². The summed E-state index contributed by atoms with van der Waals surface area (Å²) in [5, 5.41) is 10.9. The van der Waals surface area contributed by atoms with Gasteiger partial charge in [0.25, 0.3) is 0 Å². The highest BCUT2D eigenvalue weighted by Gasteiger charge is 2.13. The van der Waals surface area contributed by atoms with Crippen LogP contribution in [0.1, 0.15) is 18.9 Å². The molecule has 2 aromatic heterocycles. The molecule has 6 heteroatoms. The second kappa shape index (κ2) is 5.47. The molecule has 0 radical (unpaired) electrons. The van der Waals surface area contributed by atoms with Crippen LogP contribution in [0.5, 0.6) is 0 Å². The van der Waals surface area contributed by atoms with Crippen molar-refractivity contribution in [2.75, 3.05) is 11.9 Å². The molecule has 3 aromatic rings. The van der Waals surface area contributed by atoms with Crippen LogP contribution in [0.3, 0.4) is 0 Å². The van der Waals surface area contributed by atoms with Crippen molar-refractivity contribution in [1.82, 2.24) is 20.2 Å². The van der Waals surface area contributed by atoms with E-state index in [1.54, 1.807) is 12.3 Å². The minimum absolute atomic E-state index is 0.252. The normalized spacial score (nSPS) is 11.0. The molecule has 2 N–H and O–H groups in total. The predicted molar refractivity (Wildman–Crippen MR) is 80.6 cm³/mol. The maximum absolute atomic E-state index is 13.3. The van der Waals surface area contributed by atoms with Gasteiger partial charge in [-0.15, -0.1) is 0 Å². The fourth-order valence-corrected chi connectivity index (χ4v) is 2.25. The number of rotatable bonds is 4. The van der Waals surface area contributed by atoms with Crippen LogP contribution in [0.4, 0.5) is 10.3 Å². The Bertz CT molecular complexity index is 781. The van der Waals surface area contributed by atoms with Crippen molar-refractivity contribution in [3.63, 3.8) is 0 Å². The largest absolute Gasteiger partial charge is 0.354 e. The van der Waals surface area contributed by atoms with Gasteiger partial charge in [-0.1, -0.05) is 6.92 Å². The van der Waals surface area contributed by atoms with Gasteiger partial charge < -0.3 is 5.32 Å². The van der Waals surface area contributed by atoms with Gasteiger partial charge >= 0.3 is 0 Å². The van der Waals surface area contributed by atoms with E-state index >= 15 is 0 Å². The summed E-state index contributed by atoms with van der Waals surface area (Å²) in [7, 11) is 0. The van der Waals surface area contributed by atoms with E-state index in [1.165, 1.54) is 12.1 Å². The van der Waals surface area contributed by atoms with E-state index < -0.39 is 0 Å². The Morgan fingerprint density at radius 3 is 2.90 bits per heavy atom. The number of anilines is 1. The molecule has 2 heterocycles. The quantitative estimate of drug-likeness (QED) is 0.772. The number of hydrogen-bond donors (Lipinski definition) is 2. The number of fused-ring (bicyclic) bond motifs is 1. The smallest absolute Gasteiger partial charge is 0.225 e. The first-order valence-electron chi connectivity index (χ1n) is 6.90.